The molecular weight excluding hydrogens is 252 g/mol. The summed E-state index contributed by atoms with van der Waals surface area (Å²) in [5, 5.41) is 0.277. The zero-order chi connectivity index (χ0) is 12.9. The van der Waals surface area contributed by atoms with Crippen molar-refractivity contribution < 1.29 is 9.59 Å². The summed E-state index contributed by atoms with van der Waals surface area (Å²) in [7, 11) is 0. The summed E-state index contributed by atoms with van der Waals surface area (Å²) in [5.74, 6) is -0.574. The average Bonchev–Trinajstić information content (AvgIpc) is 2.90. The molecule has 0 spiro atoms. The summed E-state index contributed by atoms with van der Waals surface area (Å²) in [4.78, 5) is 25.7. The number of nitrogens with two attached hydrogens (primary N) is 1. The molecule has 1 aliphatic carbocycles. The highest BCUT2D eigenvalue weighted by atomic mass is 35.5. The lowest BCUT2D eigenvalue weighted by Gasteiger charge is -2.18. The highest BCUT2D eigenvalue weighted by Gasteiger charge is 2.50. The fourth-order valence-corrected chi connectivity index (χ4v) is 3.15. The second-order valence-corrected chi connectivity index (χ2v) is 5.21. The molecule has 2 atom stereocenters. The molecule has 1 saturated carbocycles. The highest BCUT2D eigenvalue weighted by Crippen LogP contribution is 2.43. The van der Waals surface area contributed by atoms with Gasteiger partial charge in [-0.25, -0.2) is 4.90 Å². The Hall–Kier alpha value is -1.55. The number of halogens is 1. The second-order valence-electron chi connectivity index (χ2n) is 4.84. The van der Waals surface area contributed by atoms with Crippen LogP contribution in [0.4, 0.5) is 11.4 Å². The van der Waals surface area contributed by atoms with Gasteiger partial charge < -0.3 is 5.73 Å². The Morgan fingerprint density at radius 3 is 2.39 bits per heavy atom. The summed E-state index contributed by atoms with van der Waals surface area (Å²) in [5.41, 5.74) is 6.51. The fourth-order valence-electron chi connectivity index (χ4n) is 2.94. The first-order chi connectivity index (χ1) is 8.61. The number of anilines is 2. The molecule has 2 aliphatic rings. The van der Waals surface area contributed by atoms with Crippen LogP contribution in [-0.4, -0.2) is 11.8 Å². The molecule has 5 heteroatoms. The summed E-state index contributed by atoms with van der Waals surface area (Å²) in [6, 6.07) is 5.01. The first-order valence-electron chi connectivity index (χ1n) is 6.03. The molecule has 1 aliphatic heterocycles. The van der Waals surface area contributed by atoms with E-state index in [1.54, 1.807) is 18.2 Å². The van der Waals surface area contributed by atoms with E-state index < -0.39 is 0 Å². The van der Waals surface area contributed by atoms with Crippen LogP contribution in [0.2, 0.25) is 5.02 Å². The smallest absolute Gasteiger partial charge is 0.237 e. The van der Waals surface area contributed by atoms with Crippen LogP contribution in [0.25, 0.3) is 0 Å². The molecule has 2 unspecified atom stereocenters. The number of nitrogen functional groups attached to an aromatic ring is 1. The standard InChI is InChI=1S/C13H13ClN2O2/c14-11-9(15)5-2-6-10(11)16-12(17)7-3-1-4-8(7)13(16)18/h2,5-8H,1,3-4,15H2. The maximum Gasteiger partial charge on any atom is 0.237 e. The molecule has 3 rings (SSSR count). The van der Waals surface area contributed by atoms with Gasteiger partial charge >= 0.3 is 0 Å². The Labute approximate surface area is 110 Å². The van der Waals surface area contributed by atoms with Crippen LogP contribution in [0.1, 0.15) is 19.3 Å². The van der Waals surface area contributed by atoms with E-state index in [9.17, 15) is 9.59 Å². The maximum atomic E-state index is 12.3. The van der Waals surface area contributed by atoms with Gasteiger partial charge in [0.1, 0.15) is 0 Å². The first kappa shape index (κ1) is 11.5. The minimum atomic E-state index is -0.157. The third-order valence-electron chi connectivity index (χ3n) is 3.84. The molecule has 2 amide bonds. The Bertz CT molecular complexity index is 522. The van der Waals surface area contributed by atoms with Crippen molar-refractivity contribution in [3.63, 3.8) is 0 Å². The molecule has 1 saturated heterocycles. The Morgan fingerprint density at radius 1 is 1.17 bits per heavy atom. The summed E-state index contributed by atoms with van der Waals surface area (Å²) >= 11 is 6.09. The lowest BCUT2D eigenvalue weighted by atomic mass is 10.00. The van der Waals surface area contributed by atoms with Gasteiger partial charge in [0.2, 0.25) is 11.8 Å². The number of hydrogen-bond acceptors (Lipinski definition) is 3. The number of rotatable bonds is 1. The van der Waals surface area contributed by atoms with Gasteiger partial charge in [-0.2, -0.15) is 0 Å². The van der Waals surface area contributed by atoms with Crippen molar-refractivity contribution in [2.24, 2.45) is 11.8 Å². The van der Waals surface area contributed by atoms with Crippen molar-refractivity contribution in [1.29, 1.82) is 0 Å². The van der Waals surface area contributed by atoms with E-state index in [0.29, 0.717) is 11.4 Å². The monoisotopic (exact) mass is 264 g/mol. The van der Waals surface area contributed by atoms with Crippen molar-refractivity contribution in [2.45, 2.75) is 19.3 Å². The minimum Gasteiger partial charge on any atom is -0.397 e. The van der Waals surface area contributed by atoms with E-state index in [2.05, 4.69) is 0 Å². The van der Waals surface area contributed by atoms with E-state index in [1.807, 2.05) is 0 Å². The lowest BCUT2D eigenvalue weighted by molar-refractivity contribution is -0.122. The fraction of sp³-hybridized carbons (Fsp3) is 0.385. The van der Waals surface area contributed by atoms with Gasteiger partial charge in [-0.05, 0) is 25.0 Å². The summed E-state index contributed by atoms with van der Waals surface area (Å²) < 4.78 is 0. The normalized spacial score (nSPS) is 26.8. The molecule has 18 heavy (non-hydrogen) atoms. The Kier molecular flexibility index (Phi) is 2.55. The third-order valence-corrected chi connectivity index (χ3v) is 4.25. The van der Waals surface area contributed by atoms with E-state index in [4.69, 9.17) is 17.3 Å². The van der Waals surface area contributed by atoms with Crippen molar-refractivity contribution in [1.82, 2.24) is 0 Å². The van der Waals surface area contributed by atoms with E-state index in [1.165, 1.54) is 4.90 Å². The molecule has 2 N–H and O–H groups in total. The lowest BCUT2D eigenvalue weighted by Crippen LogP contribution is -2.31. The molecule has 0 aromatic heterocycles. The Morgan fingerprint density at radius 2 is 1.78 bits per heavy atom. The van der Waals surface area contributed by atoms with Gasteiger partial charge in [-0.15, -0.1) is 0 Å². The van der Waals surface area contributed by atoms with Gasteiger partial charge in [-0.3, -0.25) is 9.59 Å². The number of carbonyl (C=O) groups excluding carboxylic acids is 2. The number of hydrogen-bond donors (Lipinski definition) is 1. The molecular formula is C13H13ClN2O2. The molecule has 94 valence electrons. The first-order valence-corrected chi connectivity index (χ1v) is 6.41. The Balaban J connectivity index is 2.05. The van der Waals surface area contributed by atoms with Crippen LogP contribution in [0.3, 0.4) is 0 Å². The molecule has 1 aromatic carbocycles. The van der Waals surface area contributed by atoms with E-state index in [0.717, 1.165) is 19.3 Å². The van der Waals surface area contributed by atoms with Crippen LogP contribution in [0.15, 0.2) is 18.2 Å². The van der Waals surface area contributed by atoms with Gasteiger partial charge in [-0.1, -0.05) is 24.1 Å². The zero-order valence-electron chi connectivity index (χ0n) is 9.73. The van der Waals surface area contributed by atoms with Gasteiger partial charge in [0.05, 0.1) is 28.2 Å². The van der Waals surface area contributed by atoms with Gasteiger partial charge in [0, 0.05) is 0 Å². The summed E-state index contributed by atoms with van der Waals surface area (Å²) in [6.45, 7) is 0. The second kappa shape index (κ2) is 3.99. The predicted octanol–water partition coefficient (Wildman–Crippen LogP) is 2.21. The van der Waals surface area contributed by atoms with Crippen LogP contribution >= 0.6 is 11.6 Å². The number of fused-ring (bicyclic) bond motifs is 1. The molecule has 0 bridgehead atoms. The molecule has 1 aromatic rings. The molecule has 0 radical (unpaired) electrons. The maximum absolute atomic E-state index is 12.3. The van der Waals surface area contributed by atoms with Gasteiger partial charge in [0.25, 0.3) is 0 Å². The van der Waals surface area contributed by atoms with Crippen molar-refractivity contribution in [2.75, 3.05) is 10.6 Å². The topological polar surface area (TPSA) is 63.4 Å². The summed E-state index contributed by atoms with van der Waals surface area (Å²) in [6.07, 6.45) is 2.54. The third kappa shape index (κ3) is 1.45. The zero-order valence-corrected chi connectivity index (χ0v) is 10.5. The van der Waals surface area contributed by atoms with Crippen LogP contribution in [0.5, 0.6) is 0 Å². The number of benzene rings is 1. The number of carbonyl (C=O) groups is 2. The molecule has 2 fully saturated rings. The predicted molar refractivity (Wildman–Crippen MR) is 69.2 cm³/mol. The quantitative estimate of drug-likeness (QED) is 0.625. The van der Waals surface area contributed by atoms with Crippen LogP contribution in [0, 0.1) is 11.8 Å². The largest absolute Gasteiger partial charge is 0.397 e. The van der Waals surface area contributed by atoms with E-state index in [-0.39, 0.29) is 28.7 Å². The van der Waals surface area contributed by atoms with Crippen LogP contribution in [-0.2, 0) is 9.59 Å². The van der Waals surface area contributed by atoms with Crippen molar-refractivity contribution in [3.05, 3.63) is 23.2 Å². The SMILES string of the molecule is Nc1cccc(N2C(=O)C3CCCC3C2=O)c1Cl. The van der Waals surface area contributed by atoms with E-state index >= 15 is 0 Å². The van der Waals surface area contributed by atoms with Gasteiger partial charge in [0.15, 0.2) is 0 Å². The van der Waals surface area contributed by atoms with Crippen LogP contribution < -0.4 is 10.6 Å². The molecule has 1 heterocycles. The highest BCUT2D eigenvalue weighted by molar-refractivity contribution is 6.38. The number of imide groups is 1. The minimum absolute atomic E-state index is 0.130. The van der Waals surface area contributed by atoms with Crippen molar-refractivity contribution in [3.8, 4) is 0 Å². The number of nitrogens with zero attached hydrogens (tertiary/aromatic N) is 1. The molecule has 4 nitrogen and oxygen atoms in total. The average molecular weight is 265 g/mol. The van der Waals surface area contributed by atoms with Crippen molar-refractivity contribution >= 4 is 34.8 Å². The number of amides is 2.